The Hall–Kier alpha value is -3.19. The third kappa shape index (κ3) is 4.25. The van der Waals surface area contributed by atoms with Crippen molar-refractivity contribution in [3.63, 3.8) is 0 Å². The maximum absolute atomic E-state index is 12.5. The Balaban J connectivity index is 1.60. The fourth-order valence-corrected chi connectivity index (χ4v) is 5.06. The fourth-order valence-electron chi connectivity index (χ4n) is 5.06. The van der Waals surface area contributed by atoms with Gasteiger partial charge in [-0.05, 0) is 70.8 Å². The van der Waals surface area contributed by atoms with Gasteiger partial charge in [0.1, 0.15) is 5.75 Å². The number of piperidine rings is 1. The Kier molecular flexibility index (Phi) is 5.89. The molecular weight excluding hydrogens is 414 g/mol. The minimum atomic E-state index is 0.0505. The molecule has 0 aliphatic carbocycles. The summed E-state index contributed by atoms with van der Waals surface area (Å²) in [7, 11) is 0. The predicted molar refractivity (Wildman–Crippen MR) is 129 cm³/mol. The van der Waals surface area contributed by atoms with Crippen LogP contribution >= 0.6 is 0 Å². The largest absolute Gasteiger partial charge is 0.438 e. The Morgan fingerprint density at radius 1 is 1.15 bits per heavy atom. The van der Waals surface area contributed by atoms with E-state index < -0.39 is 0 Å². The average molecular weight is 446 g/mol. The molecule has 1 atom stereocenters. The van der Waals surface area contributed by atoms with Crippen molar-refractivity contribution >= 4 is 11.6 Å². The highest BCUT2D eigenvalue weighted by Crippen LogP contribution is 2.44. The smallest absolute Gasteiger partial charge is 0.224 e. The molecule has 0 radical (unpaired) electrons. The number of aryl methyl sites for hydroxylation is 1. The van der Waals surface area contributed by atoms with E-state index in [2.05, 4.69) is 40.2 Å². The summed E-state index contributed by atoms with van der Waals surface area (Å²) in [6.07, 6.45) is 7.94. The lowest BCUT2D eigenvalue weighted by atomic mass is 9.92. The zero-order valence-electron chi connectivity index (χ0n) is 19.5. The van der Waals surface area contributed by atoms with Crippen LogP contribution < -0.4 is 15.0 Å². The number of nitrogens with one attached hydrogen (secondary N) is 1. The third-order valence-corrected chi connectivity index (χ3v) is 6.75. The Morgan fingerprint density at radius 2 is 1.97 bits per heavy atom. The first-order chi connectivity index (χ1) is 16.0. The van der Waals surface area contributed by atoms with E-state index in [-0.39, 0.29) is 11.9 Å². The molecule has 1 fully saturated rings. The summed E-state index contributed by atoms with van der Waals surface area (Å²) < 4.78 is 8.56. The van der Waals surface area contributed by atoms with Crippen LogP contribution in [0.15, 0.2) is 42.7 Å². The number of anilines is 1. The molecule has 2 aliphatic rings. The summed E-state index contributed by atoms with van der Waals surface area (Å²) in [6.45, 7) is 7.72. The van der Waals surface area contributed by atoms with Gasteiger partial charge in [0.05, 0.1) is 17.9 Å². The van der Waals surface area contributed by atoms with Gasteiger partial charge in [-0.1, -0.05) is 6.07 Å². The van der Waals surface area contributed by atoms with Gasteiger partial charge in [-0.15, -0.1) is 0 Å². The molecule has 0 bridgehead atoms. The molecule has 1 saturated heterocycles. The van der Waals surface area contributed by atoms with Gasteiger partial charge in [-0.25, -0.2) is 4.98 Å². The molecule has 5 rings (SSSR count). The highest BCUT2D eigenvalue weighted by molar-refractivity contribution is 5.95. The molecule has 33 heavy (non-hydrogen) atoms. The number of carbonyl (C=O) groups excluding carboxylic acids is 1. The molecular formula is C26H31N5O2. The second kappa shape index (κ2) is 8.98. The van der Waals surface area contributed by atoms with E-state index in [1.165, 1.54) is 0 Å². The van der Waals surface area contributed by atoms with E-state index in [4.69, 9.17) is 9.84 Å². The van der Waals surface area contributed by atoms with Crippen LogP contribution in [-0.4, -0.2) is 39.8 Å². The molecule has 1 N–H and O–H groups in total. The number of hydrogen-bond acceptors (Lipinski definition) is 5. The van der Waals surface area contributed by atoms with Crippen molar-refractivity contribution in [2.24, 2.45) is 0 Å². The molecule has 0 saturated carbocycles. The van der Waals surface area contributed by atoms with Gasteiger partial charge in [0.15, 0.2) is 0 Å². The van der Waals surface area contributed by atoms with Crippen LogP contribution in [-0.2, 0) is 11.2 Å². The molecule has 2 aromatic heterocycles. The number of benzene rings is 1. The van der Waals surface area contributed by atoms with E-state index in [9.17, 15) is 4.79 Å². The average Bonchev–Trinajstić information content (AvgIpc) is 3.29. The number of amides is 1. The molecule has 0 spiro atoms. The number of carbonyl (C=O) groups is 1. The lowest BCUT2D eigenvalue weighted by Gasteiger charge is -2.35. The summed E-state index contributed by atoms with van der Waals surface area (Å²) in [6, 6.07) is 10.5. The minimum absolute atomic E-state index is 0.0505. The van der Waals surface area contributed by atoms with Crippen LogP contribution in [0, 0.1) is 6.92 Å². The predicted octanol–water partition coefficient (Wildman–Crippen LogP) is 4.66. The van der Waals surface area contributed by atoms with Crippen LogP contribution in [0.3, 0.4) is 0 Å². The number of ether oxygens (including phenoxy) is 1. The van der Waals surface area contributed by atoms with Gasteiger partial charge < -0.3 is 15.0 Å². The molecule has 1 aromatic carbocycles. The van der Waals surface area contributed by atoms with Crippen LogP contribution in [0.2, 0.25) is 0 Å². The van der Waals surface area contributed by atoms with Crippen LogP contribution in [0.1, 0.15) is 50.4 Å². The molecule has 7 nitrogen and oxygen atoms in total. The summed E-state index contributed by atoms with van der Waals surface area (Å²) in [5.41, 5.74) is 4.89. The van der Waals surface area contributed by atoms with Crippen LogP contribution in [0.5, 0.6) is 11.6 Å². The van der Waals surface area contributed by atoms with Crippen molar-refractivity contribution in [3.05, 3.63) is 54.0 Å². The van der Waals surface area contributed by atoms with Crippen molar-refractivity contribution in [2.45, 2.75) is 58.5 Å². The number of aromatic nitrogens is 3. The Morgan fingerprint density at radius 3 is 2.73 bits per heavy atom. The first-order valence-corrected chi connectivity index (χ1v) is 11.8. The standard InChI is InChI=1S/C26H31N5O2/c1-17-5-4-6-25(29-17)33-26-22(20-15-28-30(16-20)21-11-13-27-14-12-21)9-10-24-23(26)8-7-18(2)31(24)19(3)32/h4-6,9-10,15-16,18,21,27H,7-8,11-14H2,1-3H3/t18-/m0/s1. The Labute approximate surface area is 194 Å². The van der Waals surface area contributed by atoms with Gasteiger partial charge in [0, 0.05) is 47.6 Å². The van der Waals surface area contributed by atoms with Gasteiger partial charge in [0.25, 0.3) is 0 Å². The second-order valence-corrected chi connectivity index (χ2v) is 9.13. The second-order valence-electron chi connectivity index (χ2n) is 9.13. The first kappa shape index (κ1) is 21.6. The van der Waals surface area contributed by atoms with E-state index >= 15 is 0 Å². The van der Waals surface area contributed by atoms with Gasteiger partial charge in [-0.2, -0.15) is 5.10 Å². The van der Waals surface area contributed by atoms with E-state index in [0.29, 0.717) is 11.9 Å². The van der Waals surface area contributed by atoms with Crippen molar-refractivity contribution in [1.29, 1.82) is 0 Å². The van der Waals surface area contributed by atoms with Crippen LogP contribution in [0.4, 0.5) is 5.69 Å². The third-order valence-electron chi connectivity index (χ3n) is 6.75. The van der Waals surface area contributed by atoms with E-state index in [1.807, 2.05) is 36.2 Å². The molecule has 172 valence electrons. The zero-order chi connectivity index (χ0) is 22.9. The molecule has 0 unspecified atom stereocenters. The van der Waals surface area contributed by atoms with Gasteiger partial charge in [0.2, 0.25) is 11.8 Å². The first-order valence-electron chi connectivity index (χ1n) is 11.8. The molecule has 3 aromatic rings. The number of pyridine rings is 1. The summed E-state index contributed by atoms with van der Waals surface area (Å²) in [4.78, 5) is 18.9. The number of nitrogens with zero attached hydrogens (tertiary/aromatic N) is 4. The monoisotopic (exact) mass is 445 g/mol. The summed E-state index contributed by atoms with van der Waals surface area (Å²) >= 11 is 0. The maximum atomic E-state index is 12.5. The number of rotatable bonds is 4. The minimum Gasteiger partial charge on any atom is -0.438 e. The lowest BCUT2D eigenvalue weighted by molar-refractivity contribution is -0.117. The molecule has 2 aliphatic heterocycles. The number of hydrogen-bond donors (Lipinski definition) is 1. The zero-order valence-corrected chi connectivity index (χ0v) is 19.5. The normalized spacial score (nSPS) is 18.8. The molecule has 7 heteroatoms. The quantitative estimate of drug-likeness (QED) is 0.632. The van der Waals surface area contributed by atoms with Crippen molar-refractivity contribution in [3.8, 4) is 22.8 Å². The fraction of sp³-hybridized carbons (Fsp3) is 0.423. The molecule has 4 heterocycles. The highest BCUT2D eigenvalue weighted by atomic mass is 16.5. The molecule has 1 amide bonds. The van der Waals surface area contributed by atoms with Gasteiger partial charge in [-0.3, -0.25) is 9.48 Å². The summed E-state index contributed by atoms with van der Waals surface area (Å²) in [5, 5.41) is 8.11. The van der Waals surface area contributed by atoms with Crippen molar-refractivity contribution in [2.75, 3.05) is 18.0 Å². The Bertz CT molecular complexity index is 1170. The van der Waals surface area contributed by atoms with Crippen LogP contribution in [0.25, 0.3) is 11.1 Å². The lowest BCUT2D eigenvalue weighted by Crippen LogP contribution is -2.40. The maximum Gasteiger partial charge on any atom is 0.224 e. The topological polar surface area (TPSA) is 72.3 Å². The van der Waals surface area contributed by atoms with E-state index in [0.717, 1.165) is 72.6 Å². The van der Waals surface area contributed by atoms with E-state index in [1.54, 1.807) is 6.92 Å². The number of fused-ring (bicyclic) bond motifs is 1. The summed E-state index contributed by atoms with van der Waals surface area (Å²) in [5.74, 6) is 1.38. The highest BCUT2D eigenvalue weighted by Gasteiger charge is 2.30. The van der Waals surface area contributed by atoms with Crippen molar-refractivity contribution < 1.29 is 9.53 Å². The van der Waals surface area contributed by atoms with Gasteiger partial charge >= 0.3 is 0 Å². The van der Waals surface area contributed by atoms with Crippen molar-refractivity contribution in [1.82, 2.24) is 20.1 Å². The SMILES string of the molecule is CC(=O)N1c2ccc(-c3cnn(C4CCNCC4)c3)c(Oc3cccc(C)n3)c2CC[C@@H]1C.